The molecule has 3 aromatic rings. The van der Waals surface area contributed by atoms with Crippen LogP contribution >= 0.6 is 11.6 Å². The number of aromatic nitrogens is 1. The summed E-state index contributed by atoms with van der Waals surface area (Å²) < 4.78 is 2.15. The number of nitrogens with zero attached hydrogens (tertiary/aromatic N) is 2. The van der Waals surface area contributed by atoms with Crippen LogP contribution in [0.4, 0.5) is 0 Å². The van der Waals surface area contributed by atoms with Crippen LogP contribution in [-0.4, -0.2) is 28.5 Å². The van der Waals surface area contributed by atoms with Crippen molar-refractivity contribution in [2.45, 2.75) is 31.6 Å². The molecule has 1 fully saturated rings. The molecule has 1 saturated heterocycles. The Labute approximate surface area is 165 Å². The molecule has 4 heteroatoms. The number of carbonyl (C=O) groups is 1. The van der Waals surface area contributed by atoms with E-state index in [4.69, 9.17) is 11.6 Å². The summed E-state index contributed by atoms with van der Waals surface area (Å²) in [5.41, 5.74) is 3.54. The van der Waals surface area contributed by atoms with Crippen LogP contribution in [0, 0.1) is 0 Å². The van der Waals surface area contributed by atoms with Gasteiger partial charge < -0.3 is 9.47 Å². The minimum atomic E-state index is 0.0304. The van der Waals surface area contributed by atoms with E-state index in [1.807, 2.05) is 17.0 Å². The standard InChI is InChI=1S/C23H25ClN2O/c1-25-16-21(19-7-3-4-8-22(19)25)20(17-9-11-18(24)12-10-17)15-23(27)26-13-5-2-6-14-26/h3-4,7-12,16,20H,2,5-6,13-15H2,1H3/t20-/m1/s1. The highest BCUT2D eigenvalue weighted by Crippen LogP contribution is 2.35. The molecule has 0 radical (unpaired) electrons. The van der Waals surface area contributed by atoms with Gasteiger partial charge in [0.1, 0.15) is 0 Å². The fourth-order valence-corrected chi connectivity index (χ4v) is 4.33. The zero-order chi connectivity index (χ0) is 18.8. The van der Waals surface area contributed by atoms with Gasteiger partial charge in [-0.05, 0) is 48.6 Å². The molecular weight excluding hydrogens is 356 g/mol. The second kappa shape index (κ2) is 7.77. The Morgan fingerprint density at radius 2 is 1.74 bits per heavy atom. The fourth-order valence-electron chi connectivity index (χ4n) is 4.20. The first kappa shape index (κ1) is 18.1. The van der Waals surface area contributed by atoms with Crippen LogP contribution in [0.2, 0.25) is 5.02 Å². The number of likely N-dealkylation sites (tertiary alicyclic amines) is 1. The summed E-state index contributed by atoms with van der Waals surface area (Å²) in [6, 6.07) is 16.3. The number of rotatable bonds is 4. The first-order valence-corrected chi connectivity index (χ1v) is 10.1. The van der Waals surface area contributed by atoms with E-state index >= 15 is 0 Å². The molecule has 0 spiro atoms. The van der Waals surface area contributed by atoms with E-state index in [-0.39, 0.29) is 11.8 Å². The summed E-state index contributed by atoms with van der Waals surface area (Å²) in [5, 5.41) is 1.93. The quantitative estimate of drug-likeness (QED) is 0.597. The number of para-hydroxylation sites is 1. The Morgan fingerprint density at radius 3 is 2.48 bits per heavy atom. The zero-order valence-electron chi connectivity index (χ0n) is 15.7. The average molecular weight is 381 g/mol. The molecule has 0 bridgehead atoms. The first-order valence-electron chi connectivity index (χ1n) is 9.70. The van der Waals surface area contributed by atoms with Crippen LogP contribution in [0.5, 0.6) is 0 Å². The van der Waals surface area contributed by atoms with Gasteiger partial charge in [0, 0.05) is 54.6 Å². The van der Waals surface area contributed by atoms with Crippen molar-refractivity contribution >= 4 is 28.4 Å². The van der Waals surface area contributed by atoms with Crippen LogP contribution in [0.15, 0.2) is 54.7 Å². The lowest BCUT2D eigenvalue weighted by atomic mass is 9.87. The number of hydrogen-bond donors (Lipinski definition) is 0. The summed E-state index contributed by atoms with van der Waals surface area (Å²) in [6.07, 6.45) is 6.13. The first-order chi connectivity index (χ1) is 13.1. The van der Waals surface area contributed by atoms with Crippen molar-refractivity contribution in [1.82, 2.24) is 9.47 Å². The van der Waals surface area contributed by atoms with E-state index in [1.165, 1.54) is 22.9 Å². The largest absolute Gasteiger partial charge is 0.350 e. The number of fused-ring (bicyclic) bond motifs is 1. The van der Waals surface area contributed by atoms with Crippen molar-refractivity contribution < 1.29 is 4.79 Å². The van der Waals surface area contributed by atoms with Crippen molar-refractivity contribution in [3.63, 3.8) is 0 Å². The molecule has 1 amide bonds. The molecular formula is C23H25ClN2O. The molecule has 27 heavy (non-hydrogen) atoms. The van der Waals surface area contributed by atoms with Gasteiger partial charge in [-0.3, -0.25) is 4.79 Å². The second-order valence-corrected chi connectivity index (χ2v) is 7.90. The number of amides is 1. The van der Waals surface area contributed by atoms with Crippen molar-refractivity contribution in [2.24, 2.45) is 7.05 Å². The Hall–Kier alpha value is -2.26. The molecule has 4 rings (SSSR count). The van der Waals surface area contributed by atoms with Gasteiger partial charge in [-0.1, -0.05) is 41.9 Å². The van der Waals surface area contributed by atoms with Crippen molar-refractivity contribution in [2.75, 3.05) is 13.1 Å². The Balaban J connectivity index is 1.73. The Morgan fingerprint density at radius 1 is 1.04 bits per heavy atom. The predicted octanol–water partition coefficient (Wildman–Crippen LogP) is 5.37. The third-order valence-corrected chi connectivity index (χ3v) is 5.92. The smallest absolute Gasteiger partial charge is 0.223 e. The maximum atomic E-state index is 13.1. The van der Waals surface area contributed by atoms with Crippen molar-refractivity contribution in [1.29, 1.82) is 0 Å². The van der Waals surface area contributed by atoms with Gasteiger partial charge in [0.05, 0.1) is 0 Å². The third kappa shape index (κ3) is 3.74. The SMILES string of the molecule is Cn1cc([C@H](CC(=O)N2CCCCC2)c2ccc(Cl)cc2)c2ccccc21. The third-order valence-electron chi connectivity index (χ3n) is 5.66. The van der Waals surface area contributed by atoms with Gasteiger partial charge in [0.15, 0.2) is 0 Å². The molecule has 0 aliphatic carbocycles. The minimum absolute atomic E-state index is 0.0304. The summed E-state index contributed by atoms with van der Waals surface area (Å²) in [6.45, 7) is 1.78. The fraction of sp³-hybridized carbons (Fsp3) is 0.348. The van der Waals surface area contributed by atoms with Gasteiger partial charge in [-0.2, -0.15) is 0 Å². The lowest BCUT2D eigenvalue weighted by Crippen LogP contribution is -2.36. The van der Waals surface area contributed by atoms with E-state index in [2.05, 4.69) is 54.2 Å². The summed E-state index contributed by atoms with van der Waals surface area (Å²) in [7, 11) is 2.07. The molecule has 0 N–H and O–H groups in total. The maximum absolute atomic E-state index is 13.1. The number of halogens is 1. The molecule has 3 nitrogen and oxygen atoms in total. The van der Waals surface area contributed by atoms with Crippen LogP contribution in [-0.2, 0) is 11.8 Å². The molecule has 1 aliphatic rings. The van der Waals surface area contributed by atoms with Crippen LogP contribution in [0.3, 0.4) is 0 Å². The molecule has 2 aromatic carbocycles. The van der Waals surface area contributed by atoms with Gasteiger partial charge in [-0.15, -0.1) is 0 Å². The van der Waals surface area contributed by atoms with Gasteiger partial charge in [-0.25, -0.2) is 0 Å². The number of benzene rings is 2. The van der Waals surface area contributed by atoms with E-state index in [0.717, 1.165) is 36.5 Å². The number of piperidine rings is 1. The topological polar surface area (TPSA) is 25.2 Å². The van der Waals surface area contributed by atoms with Crippen LogP contribution in [0.1, 0.15) is 42.7 Å². The number of hydrogen-bond acceptors (Lipinski definition) is 1. The molecule has 1 atom stereocenters. The molecule has 140 valence electrons. The molecule has 1 aromatic heterocycles. The lowest BCUT2D eigenvalue weighted by molar-refractivity contribution is -0.132. The van der Waals surface area contributed by atoms with E-state index in [1.54, 1.807) is 0 Å². The van der Waals surface area contributed by atoms with Crippen molar-refractivity contribution in [3.8, 4) is 0 Å². The highest BCUT2D eigenvalue weighted by molar-refractivity contribution is 6.30. The molecule has 2 heterocycles. The van der Waals surface area contributed by atoms with E-state index in [9.17, 15) is 4.79 Å². The maximum Gasteiger partial charge on any atom is 0.223 e. The lowest BCUT2D eigenvalue weighted by Gasteiger charge is -2.28. The number of carbonyl (C=O) groups excluding carboxylic acids is 1. The number of aryl methyl sites for hydroxylation is 1. The summed E-state index contributed by atoms with van der Waals surface area (Å²) in [4.78, 5) is 15.1. The molecule has 1 aliphatic heterocycles. The van der Waals surface area contributed by atoms with E-state index < -0.39 is 0 Å². The van der Waals surface area contributed by atoms with Crippen molar-refractivity contribution in [3.05, 3.63) is 70.9 Å². The zero-order valence-corrected chi connectivity index (χ0v) is 16.5. The normalized spacial score (nSPS) is 15.9. The van der Waals surface area contributed by atoms with Gasteiger partial charge >= 0.3 is 0 Å². The summed E-state index contributed by atoms with van der Waals surface area (Å²) in [5.74, 6) is 0.283. The van der Waals surface area contributed by atoms with E-state index in [0.29, 0.717) is 6.42 Å². The molecule has 0 unspecified atom stereocenters. The molecule has 0 saturated carbocycles. The second-order valence-electron chi connectivity index (χ2n) is 7.46. The highest BCUT2D eigenvalue weighted by atomic mass is 35.5. The Kier molecular flexibility index (Phi) is 5.22. The minimum Gasteiger partial charge on any atom is -0.350 e. The van der Waals surface area contributed by atoms with Crippen LogP contribution in [0.25, 0.3) is 10.9 Å². The van der Waals surface area contributed by atoms with Crippen LogP contribution < -0.4 is 0 Å². The van der Waals surface area contributed by atoms with Gasteiger partial charge in [0.25, 0.3) is 0 Å². The Bertz CT molecular complexity index is 939. The van der Waals surface area contributed by atoms with Gasteiger partial charge in [0.2, 0.25) is 5.91 Å². The summed E-state index contributed by atoms with van der Waals surface area (Å²) >= 11 is 6.11. The highest BCUT2D eigenvalue weighted by Gasteiger charge is 2.25. The average Bonchev–Trinajstić information content (AvgIpc) is 3.04. The predicted molar refractivity (Wildman–Crippen MR) is 111 cm³/mol. The monoisotopic (exact) mass is 380 g/mol.